The molecule has 3 nitrogen and oxygen atoms in total. The molecule has 5 aromatic rings. The molecular formula is C29H25N3. The van der Waals surface area contributed by atoms with Crippen molar-refractivity contribution in [2.24, 2.45) is 4.99 Å². The van der Waals surface area contributed by atoms with Crippen LogP contribution < -0.4 is 0 Å². The van der Waals surface area contributed by atoms with E-state index in [1.165, 1.54) is 11.1 Å². The van der Waals surface area contributed by atoms with E-state index < -0.39 is 0 Å². The molecule has 32 heavy (non-hydrogen) atoms. The van der Waals surface area contributed by atoms with E-state index in [4.69, 9.17) is 9.98 Å². The lowest BCUT2D eigenvalue weighted by Crippen LogP contribution is -2.07. The first-order chi connectivity index (χ1) is 15.8. The highest BCUT2D eigenvalue weighted by atomic mass is 14.8. The molecule has 0 amide bonds. The summed E-state index contributed by atoms with van der Waals surface area (Å²) in [6.07, 6.45) is 3.70. The minimum atomic E-state index is 0.856. The van der Waals surface area contributed by atoms with E-state index in [-0.39, 0.29) is 0 Å². The molecular weight excluding hydrogens is 390 g/mol. The first-order valence-corrected chi connectivity index (χ1v) is 11.2. The van der Waals surface area contributed by atoms with Crippen LogP contribution in [-0.4, -0.2) is 15.7 Å². The highest BCUT2D eigenvalue weighted by Crippen LogP contribution is 2.29. The maximum atomic E-state index is 5.26. The van der Waals surface area contributed by atoms with Crippen molar-refractivity contribution in [1.82, 2.24) is 9.97 Å². The Labute approximate surface area is 188 Å². The summed E-state index contributed by atoms with van der Waals surface area (Å²) < 4.78 is 0. The number of aryl methyl sites for hydroxylation is 2. The van der Waals surface area contributed by atoms with Crippen molar-refractivity contribution in [2.75, 3.05) is 0 Å². The molecule has 0 saturated carbocycles. The minimum Gasteiger partial charge on any atom is -0.254 e. The summed E-state index contributed by atoms with van der Waals surface area (Å²) in [4.78, 5) is 15.0. The molecule has 0 unspecified atom stereocenters. The van der Waals surface area contributed by atoms with Crippen molar-refractivity contribution in [3.8, 4) is 0 Å². The van der Waals surface area contributed by atoms with Gasteiger partial charge in [-0.2, -0.15) is 0 Å². The number of aromatic nitrogens is 2. The molecule has 0 radical (unpaired) electrons. The second-order valence-electron chi connectivity index (χ2n) is 7.87. The Morgan fingerprint density at radius 2 is 1.38 bits per heavy atom. The maximum absolute atomic E-state index is 5.26. The Bertz CT molecular complexity index is 1410. The molecule has 0 bridgehead atoms. The average molecular weight is 416 g/mol. The van der Waals surface area contributed by atoms with Gasteiger partial charge in [0, 0.05) is 22.5 Å². The lowest BCUT2D eigenvalue weighted by molar-refractivity contribution is 1.08. The first-order valence-electron chi connectivity index (χ1n) is 11.2. The summed E-state index contributed by atoms with van der Waals surface area (Å²) >= 11 is 0. The van der Waals surface area contributed by atoms with E-state index >= 15 is 0 Å². The molecule has 0 N–H and O–H groups in total. The van der Waals surface area contributed by atoms with Gasteiger partial charge < -0.3 is 0 Å². The van der Waals surface area contributed by atoms with Crippen molar-refractivity contribution in [2.45, 2.75) is 26.7 Å². The van der Waals surface area contributed by atoms with E-state index in [0.29, 0.717) is 0 Å². The zero-order chi connectivity index (χ0) is 21.9. The van der Waals surface area contributed by atoms with Gasteiger partial charge in [-0.1, -0.05) is 86.6 Å². The van der Waals surface area contributed by atoms with Gasteiger partial charge in [-0.25, -0.2) is 9.98 Å². The van der Waals surface area contributed by atoms with E-state index in [1.807, 2.05) is 18.3 Å². The van der Waals surface area contributed by atoms with E-state index in [1.54, 1.807) is 0 Å². The Balaban J connectivity index is 1.79. The average Bonchev–Trinajstić information content (AvgIpc) is 2.87. The molecule has 156 valence electrons. The number of benzene rings is 3. The molecule has 0 saturated heterocycles. The van der Waals surface area contributed by atoms with E-state index in [9.17, 15) is 0 Å². The molecule has 5 rings (SSSR count). The monoisotopic (exact) mass is 415 g/mol. The number of para-hydroxylation sites is 1. The highest BCUT2D eigenvalue weighted by molar-refractivity contribution is 6.14. The Hall–Kier alpha value is -3.85. The number of fused-ring (bicyclic) bond motifs is 3. The van der Waals surface area contributed by atoms with Gasteiger partial charge in [-0.15, -0.1) is 0 Å². The first kappa shape index (κ1) is 20.1. The van der Waals surface area contributed by atoms with Crippen LogP contribution in [0.3, 0.4) is 0 Å². The summed E-state index contributed by atoms with van der Waals surface area (Å²) in [5.74, 6) is 0. The van der Waals surface area contributed by atoms with Crippen LogP contribution in [0, 0.1) is 0 Å². The van der Waals surface area contributed by atoms with Crippen molar-refractivity contribution in [1.29, 1.82) is 0 Å². The molecule has 3 aromatic carbocycles. The number of rotatable bonds is 5. The molecule has 0 spiro atoms. The zero-order valence-corrected chi connectivity index (χ0v) is 18.4. The number of nitrogens with zero attached hydrogens (tertiary/aromatic N) is 3. The number of hydrogen-bond donors (Lipinski definition) is 0. The van der Waals surface area contributed by atoms with Crippen LogP contribution >= 0.6 is 0 Å². The topological polar surface area (TPSA) is 38.1 Å². The fourth-order valence-corrected chi connectivity index (χ4v) is 4.19. The third-order valence-corrected chi connectivity index (χ3v) is 5.91. The summed E-state index contributed by atoms with van der Waals surface area (Å²) in [5.41, 5.74) is 8.20. The quantitative estimate of drug-likeness (QED) is 0.227. The Morgan fingerprint density at radius 1 is 0.688 bits per heavy atom. The molecule has 0 atom stereocenters. The summed E-state index contributed by atoms with van der Waals surface area (Å²) in [5, 5.41) is 2.17. The van der Waals surface area contributed by atoms with Crippen LogP contribution in [-0.2, 0) is 12.8 Å². The predicted octanol–water partition coefficient (Wildman–Crippen LogP) is 7.08. The second-order valence-corrected chi connectivity index (χ2v) is 7.87. The third kappa shape index (κ3) is 3.67. The Morgan fingerprint density at radius 3 is 2.09 bits per heavy atom. The number of aliphatic imine (C=N–C) groups is 1. The lowest BCUT2D eigenvalue weighted by Gasteiger charge is -2.13. The van der Waals surface area contributed by atoms with Gasteiger partial charge in [0.25, 0.3) is 0 Å². The van der Waals surface area contributed by atoms with Crippen molar-refractivity contribution >= 4 is 33.2 Å². The van der Waals surface area contributed by atoms with Crippen molar-refractivity contribution < 1.29 is 0 Å². The van der Waals surface area contributed by atoms with Gasteiger partial charge in [0.2, 0.25) is 0 Å². The molecule has 2 heterocycles. The van der Waals surface area contributed by atoms with E-state index in [2.05, 4.69) is 91.6 Å². The van der Waals surface area contributed by atoms with Crippen molar-refractivity contribution in [3.63, 3.8) is 0 Å². The van der Waals surface area contributed by atoms with Gasteiger partial charge >= 0.3 is 0 Å². The van der Waals surface area contributed by atoms with Gasteiger partial charge in [0.15, 0.2) is 0 Å². The molecule has 0 fully saturated rings. The van der Waals surface area contributed by atoms with Crippen LogP contribution in [0.4, 0.5) is 5.69 Å². The molecule has 0 aliphatic carbocycles. The van der Waals surface area contributed by atoms with Gasteiger partial charge in [0.05, 0.1) is 28.1 Å². The lowest BCUT2D eigenvalue weighted by atomic mass is 10.0. The van der Waals surface area contributed by atoms with Gasteiger partial charge in [-0.05, 0) is 36.1 Å². The summed E-state index contributed by atoms with van der Waals surface area (Å²) in [7, 11) is 0. The van der Waals surface area contributed by atoms with Crippen LogP contribution in [0.25, 0.3) is 21.8 Å². The molecule has 2 aromatic heterocycles. The fourth-order valence-electron chi connectivity index (χ4n) is 4.19. The summed E-state index contributed by atoms with van der Waals surface area (Å²) in [6, 6.07) is 29.3. The summed E-state index contributed by atoms with van der Waals surface area (Å²) in [6.45, 7) is 4.37. The standard InChI is InChI=1S/C29H25N3/c1-3-20-12-8-13-21(4-2)26(20)32-27(22-10-6-5-7-11-22)25-18-17-24-16-15-23-14-9-19-30-28(23)29(24)31-25/h5-19H,3-4H2,1-2H3/b32-27+. The molecule has 0 aliphatic heterocycles. The van der Waals surface area contributed by atoms with Crippen LogP contribution in [0.2, 0.25) is 0 Å². The third-order valence-electron chi connectivity index (χ3n) is 5.91. The largest absolute Gasteiger partial charge is 0.254 e. The van der Waals surface area contributed by atoms with Crippen molar-refractivity contribution in [3.05, 3.63) is 114 Å². The number of hydrogen-bond acceptors (Lipinski definition) is 3. The SMILES string of the molecule is CCc1cccc(CC)c1/N=C(\c1ccccc1)c1ccc2ccc3cccnc3c2n1. The highest BCUT2D eigenvalue weighted by Gasteiger charge is 2.14. The normalized spacial score (nSPS) is 11.9. The van der Waals surface area contributed by atoms with E-state index in [0.717, 1.165) is 57.3 Å². The van der Waals surface area contributed by atoms with Crippen LogP contribution in [0.15, 0.2) is 96.1 Å². The zero-order valence-electron chi connectivity index (χ0n) is 18.4. The van der Waals surface area contributed by atoms with Gasteiger partial charge in [0.1, 0.15) is 0 Å². The van der Waals surface area contributed by atoms with Crippen LogP contribution in [0.1, 0.15) is 36.2 Å². The Kier molecular flexibility index (Phi) is 5.47. The van der Waals surface area contributed by atoms with Gasteiger partial charge in [-0.3, -0.25) is 4.98 Å². The smallest absolute Gasteiger partial charge is 0.0972 e. The molecule has 0 aliphatic rings. The minimum absolute atomic E-state index is 0.856. The molecule has 3 heteroatoms. The predicted molar refractivity (Wildman–Crippen MR) is 134 cm³/mol. The van der Waals surface area contributed by atoms with Crippen LogP contribution in [0.5, 0.6) is 0 Å². The number of pyridine rings is 2. The maximum Gasteiger partial charge on any atom is 0.0972 e. The fraction of sp³-hybridized carbons (Fsp3) is 0.138. The second kappa shape index (κ2) is 8.72.